The van der Waals surface area contributed by atoms with Gasteiger partial charge < -0.3 is 14.8 Å². The molecule has 0 aliphatic heterocycles. The van der Waals surface area contributed by atoms with E-state index in [2.05, 4.69) is 12.1 Å². The molecule has 1 aromatic rings. The third-order valence-corrected chi connectivity index (χ3v) is 5.18. The van der Waals surface area contributed by atoms with Gasteiger partial charge in [-0.2, -0.15) is 0 Å². The van der Waals surface area contributed by atoms with Crippen LogP contribution >= 0.6 is 0 Å². The molecule has 0 unspecified atom stereocenters. The fraction of sp³-hybridized carbons (Fsp3) is 0.667. The molecule has 0 aromatic heterocycles. The maximum Gasteiger partial charge on any atom is 0.491 e. The molecule has 22 heavy (non-hydrogen) atoms. The zero-order chi connectivity index (χ0) is 16.4. The summed E-state index contributed by atoms with van der Waals surface area (Å²) in [4.78, 5) is 0. The van der Waals surface area contributed by atoms with Gasteiger partial charge in [0, 0.05) is 0 Å². The molecule has 122 valence electrons. The fourth-order valence-electron chi connectivity index (χ4n) is 2.86. The lowest BCUT2D eigenvalue weighted by Crippen LogP contribution is -2.53. The van der Waals surface area contributed by atoms with Crippen LogP contribution in [0.15, 0.2) is 24.3 Å². The van der Waals surface area contributed by atoms with Gasteiger partial charge in [0.05, 0.1) is 11.2 Å². The Morgan fingerprint density at radius 1 is 1.00 bits per heavy atom. The number of hydrogen-bond donors (Lipinski definition) is 2. The van der Waals surface area contributed by atoms with Crippen molar-refractivity contribution in [3.63, 3.8) is 0 Å². The van der Waals surface area contributed by atoms with Crippen molar-refractivity contribution in [2.24, 2.45) is 0 Å². The minimum Gasteiger partial charge on any atom is -0.423 e. The largest absolute Gasteiger partial charge is 0.491 e. The van der Waals surface area contributed by atoms with E-state index in [0.29, 0.717) is 5.92 Å². The standard InChI is InChI=1S/C18H29BO3/c1-17(2,20)18(3,4)22-19(21)16-12-10-15(11-13-16)14-8-6-5-7-9-14/h10-14,20-21H,5-9H2,1-4H3. The molecule has 0 saturated heterocycles. The highest BCUT2D eigenvalue weighted by Gasteiger charge is 2.39. The molecule has 2 N–H and O–H groups in total. The first kappa shape index (κ1) is 17.5. The molecule has 3 nitrogen and oxygen atoms in total. The summed E-state index contributed by atoms with van der Waals surface area (Å²) in [5.74, 6) is 0.661. The molecule has 1 fully saturated rings. The summed E-state index contributed by atoms with van der Waals surface area (Å²) >= 11 is 0. The molecule has 0 amide bonds. The van der Waals surface area contributed by atoms with E-state index >= 15 is 0 Å². The Morgan fingerprint density at radius 2 is 1.55 bits per heavy atom. The Kier molecular flexibility index (Phi) is 5.36. The Balaban J connectivity index is 2.03. The van der Waals surface area contributed by atoms with E-state index in [1.807, 2.05) is 12.1 Å². The summed E-state index contributed by atoms with van der Waals surface area (Å²) in [6.07, 6.45) is 6.53. The van der Waals surface area contributed by atoms with Crippen molar-refractivity contribution in [3.05, 3.63) is 29.8 Å². The minimum atomic E-state index is -1.03. The summed E-state index contributed by atoms with van der Waals surface area (Å²) in [7, 11) is -1.03. The van der Waals surface area contributed by atoms with Crippen LogP contribution in [0.2, 0.25) is 0 Å². The third-order valence-electron chi connectivity index (χ3n) is 5.18. The Labute approximate surface area is 134 Å². The molecular formula is C18H29BO3. The fourth-order valence-corrected chi connectivity index (χ4v) is 2.86. The average molecular weight is 304 g/mol. The van der Waals surface area contributed by atoms with E-state index in [1.54, 1.807) is 27.7 Å². The van der Waals surface area contributed by atoms with Crippen molar-refractivity contribution >= 4 is 12.6 Å². The van der Waals surface area contributed by atoms with Gasteiger partial charge in [-0.3, -0.25) is 0 Å². The zero-order valence-corrected chi connectivity index (χ0v) is 14.3. The van der Waals surface area contributed by atoms with Crippen LogP contribution in [0.5, 0.6) is 0 Å². The predicted octanol–water partition coefficient (Wildman–Crippen LogP) is 2.99. The normalized spacial score (nSPS) is 17.5. The average Bonchev–Trinajstić information content (AvgIpc) is 2.47. The van der Waals surface area contributed by atoms with Crippen molar-refractivity contribution in [2.75, 3.05) is 0 Å². The van der Waals surface area contributed by atoms with E-state index in [0.717, 1.165) is 5.46 Å². The summed E-state index contributed by atoms with van der Waals surface area (Å²) in [5.41, 5.74) is 0.221. The van der Waals surface area contributed by atoms with E-state index < -0.39 is 18.3 Å². The SMILES string of the molecule is CC(C)(O)C(C)(C)OB(O)c1ccc(C2CCCCC2)cc1. The van der Waals surface area contributed by atoms with Crippen LogP contribution < -0.4 is 5.46 Å². The zero-order valence-electron chi connectivity index (χ0n) is 14.3. The van der Waals surface area contributed by atoms with Gasteiger partial charge in [-0.25, -0.2) is 0 Å². The second kappa shape index (κ2) is 6.73. The lowest BCUT2D eigenvalue weighted by molar-refractivity contribution is -0.0982. The van der Waals surface area contributed by atoms with Crippen LogP contribution in [0.25, 0.3) is 0 Å². The van der Waals surface area contributed by atoms with Crippen LogP contribution in [0.3, 0.4) is 0 Å². The Bertz CT molecular complexity index is 470. The molecule has 1 aliphatic rings. The van der Waals surface area contributed by atoms with E-state index in [9.17, 15) is 10.1 Å². The van der Waals surface area contributed by atoms with Gasteiger partial charge in [-0.15, -0.1) is 0 Å². The van der Waals surface area contributed by atoms with Crippen LogP contribution in [0.4, 0.5) is 0 Å². The number of benzene rings is 1. The van der Waals surface area contributed by atoms with Gasteiger partial charge >= 0.3 is 7.12 Å². The third kappa shape index (κ3) is 4.12. The molecule has 2 rings (SSSR count). The molecule has 0 bridgehead atoms. The van der Waals surface area contributed by atoms with Crippen molar-refractivity contribution in [1.29, 1.82) is 0 Å². The molecule has 0 atom stereocenters. The van der Waals surface area contributed by atoms with Crippen LogP contribution in [-0.4, -0.2) is 28.5 Å². The maximum atomic E-state index is 10.3. The first-order valence-corrected chi connectivity index (χ1v) is 8.39. The molecule has 1 aliphatic carbocycles. The van der Waals surface area contributed by atoms with Crippen molar-refractivity contribution < 1.29 is 14.8 Å². The predicted molar refractivity (Wildman–Crippen MR) is 91.3 cm³/mol. The number of rotatable bonds is 5. The highest BCUT2D eigenvalue weighted by atomic mass is 16.5. The van der Waals surface area contributed by atoms with Gasteiger partial charge in [-0.05, 0) is 57.5 Å². The number of hydrogen-bond acceptors (Lipinski definition) is 3. The smallest absolute Gasteiger partial charge is 0.423 e. The molecule has 0 radical (unpaired) electrons. The molecule has 1 aromatic carbocycles. The topological polar surface area (TPSA) is 49.7 Å². The van der Waals surface area contributed by atoms with Gasteiger partial charge in [0.2, 0.25) is 0 Å². The molecule has 0 heterocycles. The summed E-state index contributed by atoms with van der Waals surface area (Å²) in [6, 6.07) is 8.09. The van der Waals surface area contributed by atoms with E-state index in [4.69, 9.17) is 4.65 Å². The Morgan fingerprint density at radius 3 is 2.05 bits per heavy atom. The van der Waals surface area contributed by atoms with Gasteiger partial charge in [0.25, 0.3) is 0 Å². The molecule has 0 spiro atoms. The lowest BCUT2D eigenvalue weighted by Gasteiger charge is -2.38. The second-order valence-electron chi connectivity index (χ2n) is 7.54. The highest BCUT2D eigenvalue weighted by molar-refractivity contribution is 6.60. The van der Waals surface area contributed by atoms with Gasteiger partial charge in [0.15, 0.2) is 0 Å². The number of aliphatic hydroxyl groups is 1. The molecular weight excluding hydrogens is 275 g/mol. The first-order chi connectivity index (χ1) is 10.2. The molecule has 4 heteroatoms. The molecule has 1 saturated carbocycles. The van der Waals surface area contributed by atoms with E-state index in [-0.39, 0.29) is 0 Å². The first-order valence-electron chi connectivity index (χ1n) is 8.39. The van der Waals surface area contributed by atoms with Crippen molar-refractivity contribution in [1.82, 2.24) is 0 Å². The summed E-state index contributed by atoms with van der Waals surface area (Å²) in [5, 5.41) is 20.4. The van der Waals surface area contributed by atoms with Gasteiger partial charge in [-0.1, -0.05) is 43.5 Å². The van der Waals surface area contributed by atoms with Crippen LogP contribution in [0.1, 0.15) is 71.3 Å². The minimum absolute atomic E-state index is 0.661. The van der Waals surface area contributed by atoms with Crippen molar-refractivity contribution in [2.45, 2.75) is 76.9 Å². The quantitative estimate of drug-likeness (QED) is 0.822. The lowest BCUT2D eigenvalue weighted by atomic mass is 9.75. The maximum absolute atomic E-state index is 10.3. The van der Waals surface area contributed by atoms with Crippen LogP contribution in [-0.2, 0) is 4.65 Å². The van der Waals surface area contributed by atoms with Crippen molar-refractivity contribution in [3.8, 4) is 0 Å². The highest BCUT2D eigenvalue weighted by Crippen LogP contribution is 2.32. The second-order valence-corrected chi connectivity index (χ2v) is 7.54. The summed E-state index contributed by atoms with van der Waals surface area (Å²) in [6.45, 7) is 6.94. The van der Waals surface area contributed by atoms with Gasteiger partial charge in [0.1, 0.15) is 0 Å². The van der Waals surface area contributed by atoms with Crippen LogP contribution in [0, 0.1) is 0 Å². The Hall–Kier alpha value is -0.835. The summed E-state index contributed by atoms with van der Waals surface area (Å²) < 4.78 is 5.68. The monoisotopic (exact) mass is 304 g/mol. The van der Waals surface area contributed by atoms with E-state index in [1.165, 1.54) is 37.7 Å².